The van der Waals surface area contributed by atoms with Crippen LogP contribution in [0.1, 0.15) is 16.7 Å². The molecule has 1 N–H and O–H groups in total. The Morgan fingerprint density at radius 3 is 2.31 bits per heavy atom. The normalized spacial score (nSPS) is 11.3. The fraction of sp³-hybridized carbons (Fsp3) is 0.167. The van der Waals surface area contributed by atoms with Crippen molar-refractivity contribution < 1.29 is 17.9 Å². The van der Waals surface area contributed by atoms with Gasteiger partial charge < -0.3 is 4.74 Å². The Bertz CT molecular complexity index is 1200. The molecule has 3 rings (SSSR count). The SMILES string of the molecule is COc1ccc(S(=O)(=O)N(CC(=O)N/N=C\c2cccc(C)c2)c2ccc(C)cc2)cc1. The number of sulfonamides is 1. The van der Waals surface area contributed by atoms with Gasteiger partial charge >= 0.3 is 0 Å². The lowest BCUT2D eigenvalue weighted by Crippen LogP contribution is -2.39. The molecule has 3 aromatic carbocycles. The minimum absolute atomic E-state index is 0.0509. The summed E-state index contributed by atoms with van der Waals surface area (Å²) in [5, 5.41) is 3.96. The maximum absolute atomic E-state index is 13.4. The number of amides is 1. The van der Waals surface area contributed by atoms with E-state index in [1.807, 2.05) is 38.1 Å². The van der Waals surface area contributed by atoms with Crippen LogP contribution in [0.15, 0.2) is 82.8 Å². The molecular formula is C24H25N3O4S. The Labute approximate surface area is 188 Å². The van der Waals surface area contributed by atoms with E-state index in [-0.39, 0.29) is 4.90 Å². The topological polar surface area (TPSA) is 88.1 Å². The summed E-state index contributed by atoms with van der Waals surface area (Å²) in [5.74, 6) is -0.0272. The van der Waals surface area contributed by atoms with E-state index >= 15 is 0 Å². The second-order valence-corrected chi connectivity index (χ2v) is 9.09. The van der Waals surface area contributed by atoms with Gasteiger partial charge in [-0.15, -0.1) is 0 Å². The van der Waals surface area contributed by atoms with Crippen LogP contribution in [0.25, 0.3) is 0 Å². The third-order valence-corrected chi connectivity index (χ3v) is 6.49. The highest BCUT2D eigenvalue weighted by atomic mass is 32.2. The molecule has 0 saturated carbocycles. The molecule has 0 saturated heterocycles. The zero-order chi connectivity index (χ0) is 23.1. The summed E-state index contributed by atoms with van der Waals surface area (Å²) in [7, 11) is -2.50. The van der Waals surface area contributed by atoms with E-state index in [0.29, 0.717) is 11.4 Å². The van der Waals surface area contributed by atoms with E-state index in [4.69, 9.17) is 4.74 Å². The fourth-order valence-corrected chi connectivity index (χ4v) is 4.42. The number of aryl methyl sites for hydroxylation is 2. The van der Waals surface area contributed by atoms with Crippen molar-refractivity contribution in [2.75, 3.05) is 18.0 Å². The van der Waals surface area contributed by atoms with E-state index in [2.05, 4.69) is 10.5 Å². The van der Waals surface area contributed by atoms with Crippen LogP contribution in [0.5, 0.6) is 5.75 Å². The number of benzene rings is 3. The number of hydrogen-bond donors (Lipinski definition) is 1. The molecule has 0 spiro atoms. The number of nitrogens with zero attached hydrogens (tertiary/aromatic N) is 2. The molecule has 0 aromatic heterocycles. The highest BCUT2D eigenvalue weighted by Crippen LogP contribution is 2.25. The first-order valence-electron chi connectivity index (χ1n) is 9.91. The first-order valence-corrected chi connectivity index (χ1v) is 11.4. The lowest BCUT2D eigenvalue weighted by Gasteiger charge is -2.24. The summed E-state index contributed by atoms with van der Waals surface area (Å²) in [4.78, 5) is 12.6. The molecule has 8 heteroatoms. The zero-order valence-corrected chi connectivity index (χ0v) is 19.0. The number of carbonyl (C=O) groups excluding carboxylic acids is 1. The number of methoxy groups -OCH3 is 1. The molecule has 3 aromatic rings. The minimum atomic E-state index is -4.00. The van der Waals surface area contributed by atoms with Gasteiger partial charge in [-0.05, 0) is 55.8 Å². The van der Waals surface area contributed by atoms with Crippen molar-refractivity contribution in [3.63, 3.8) is 0 Å². The quantitative estimate of drug-likeness (QED) is 0.418. The van der Waals surface area contributed by atoms with Gasteiger partial charge in [0.15, 0.2) is 0 Å². The Morgan fingerprint density at radius 1 is 1.00 bits per heavy atom. The molecule has 0 fully saturated rings. The van der Waals surface area contributed by atoms with E-state index in [1.165, 1.54) is 25.5 Å². The van der Waals surface area contributed by atoms with E-state index in [1.54, 1.807) is 36.4 Å². The largest absolute Gasteiger partial charge is 0.497 e. The summed E-state index contributed by atoms with van der Waals surface area (Å²) in [6.45, 7) is 3.43. The van der Waals surface area contributed by atoms with Crippen molar-refractivity contribution in [1.29, 1.82) is 0 Å². The van der Waals surface area contributed by atoms with Crippen LogP contribution in [0.2, 0.25) is 0 Å². The molecule has 0 bridgehead atoms. The minimum Gasteiger partial charge on any atom is -0.497 e. The molecular weight excluding hydrogens is 426 g/mol. The number of rotatable bonds is 8. The van der Waals surface area contributed by atoms with Gasteiger partial charge in [0, 0.05) is 0 Å². The Balaban J connectivity index is 1.84. The van der Waals surface area contributed by atoms with Gasteiger partial charge in [0.25, 0.3) is 15.9 Å². The van der Waals surface area contributed by atoms with Crippen molar-refractivity contribution in [2.24, 2.45) is 5.10 Å². The number of anilines is 1. The molecule has 1 amide bonds. The molecule has 0 unspecified atom stereocenters. The van der Waals surface area contributed by atoms with Crippen molar-refractivity contribution in [3.05, 3.63) is 89.5 Å². The third kappa shape index (κ3) is 5.73. The van der Waals surface area contributed by atoms with Gasteiger partial charge in [0.2, 0.25) is 0 Å². The summed E-state index contributed by atoms with van der Waals surface area (Å²) in [6.07, 6.45) is 1.51. The number of hydrazone groups is 1. The molecule has 0 aliphatic rings. The average Bonchev–Trinajstić information content (AvgIpc) is 2.78. The van der Waals surface area contributed by atoms with Crippen LogP contribution in [0.4, 0.5) is 5.69 Å². The highest BCUT2D eigenvalue weighted by molar-refractivity contribution is 7.92. The van der Waals surface area contributed by atoms with Crippen LogP contribution in [0, 0.1) is 13.8 Å². The zero-order valence-electron chi connectivity index (χ0n) is 18.1. The van der Waals surface area contributed by atoms with E-state index in [0.717, 1.165) is 21.0 Å². The van der Waals surface area contributed by atoms with E-state index < -0.39 is 22.5 Å². The van der Waals surface area contributed by atoms with Gasteiger partial charge in [-0.25, -0.2) is 13.8 Å². The van der Waals surface area contributed by atoms with Crippen molar-refractivity contribution >= 4 is 27.8 Å². The molecule has 0 atom stereocenters. The number of ether oxygens (including phenoxy) is 1. The molecule has 0 heterocycles. The first kappa shape index (κ1) is 23.0. The van der Waals surface area contributed by atoms with Crippen LogP contribution in [0.3, 0.4) is 0 Å². The van der Waals surface area contributed by atoms with Gasteiger partial charge in [0.05, 0.1) is 23.9 Å². The van der Waals surface area contributed by atoms with Gasteiger partial charge in [-0.1, -0.05) is 47.5 Å². The van der Waals surface area contributed by atoms with E-state index in [9.17, 15) is 13.2 Å². The van der Waals surface area contributed by atoms with Crippen molar-refractivity contribution in [1.82, 2.24) is 5.43 Å². The Kier molecular flexibility index (Phi) is 7.27. The number of hydrogen-bond acceptors (Lipinski definition) is 5. The van der Waals surface area contributed by atoms with Crippen molar-refractivity contribution in [3.8, 4) is 5.75 Å². The second kappa shape index (κ2) is 10.1. The predicted octanol–water partition coefficient (Wildman–Crippen LogP) is 3.66. The Morgan fingerprint density at radius 2 is 1.69 bits per heavy atom. The number of nitrogens with one attached hydrogen (secondary N) is 1. The molecule has 32 heavy (non-hydrogen) atoms. The maximum atomic E-state index is 13.4. The average molecular weight is 452 g/mol. The summed E-state index contributed by atoms with van der Waals surface area (Å²) in [6, 6.07) is 20.6. The standard InChI is InChI=1S/C24H25N3O4S/c1-18-7-9-21(10-8-18)27(32(29,30)23-13-11-22(31-3)12-14-23)17-24(28)26-25-16-20-6-4-5-19(2)15-20/h4-16H,17H2,1-3H3,(H,26,28)/b25-16-. The summed E-state index contributed by atoms with van der Waals surface area (Å²) >= 11 is 0. The summed E-state index contributed by atoms with van der Waals surface area (Å²) in [5.41, 5.74) is 5.65. The van der Waals surface area contributed by atoms with Crippen molar-refractivity contribution in [2.45, 2.75) is 18.7 Å². The maximum Gasteiger partial charge on any atom is 0.264 e. The van der Waals surface area contributed by atoms with Gasteiger partial charge in [-0.3, -0.25) is 9.10 Å². The lowest BCUT2D eigenvalue weighted by molar-refractivity contribution is -0.119. The molecule has 0 radical (unpaired) electrons. The van der Waals surface area contributed by atoms with Crippen LogP contribution in [-0.4, -0.2) is 34.2 Å². The second-order valence-electron chi connectivity index (χ2n) is 7.23. The third-order valence-electron chi connectivity index (χ3n) is 4.70. The summed E-state index contributed by atoms with van der Waals surface area (Å²) < 4.78 is 32.9. The molecule has 7 nitrogen and oxygen atoms in total. The van der Waals surface area contributed by atoms with Crippen LogP contribution in [-0.2, 0) is 14.8 Å². The van der Waals surface area contributed by atoms with Crippen LogP contribution >= 0.6 is 0 Å². The smallest absolute Gasteiger partial charge is 0.264 e. The monoisotopic (exact) mass is 451 g/mol. The number of carbonyl (C=O) groups is 1. The highest BCUT2D eigenvalue weighted by Gasteiger charge is 2.27. The fourth-order valence-electron chi connectivity index (χ4n) is 3.00. The first-order chi connectivity index (χ1) is 15.3. The predicted molar refractivity (Wildman–Crippen MR) is 126 cm³/mol. The van der Waals surface area contributed by atoms with Gasteiger partial charge in [-0.2, -0.15) is 5.10 Å². The molecule has 166 valence electrons. The molecule has 0 aliphatic heterocycles. The van der Waals surface area contributed by atoms with Crippen LogP contribution < -0.4 is 14.5 Å². The lowest BCUT2D eigenvalue weighted by atomic mass is 10.2. The van der Waals surface area contributed by atoms with Gasteiger partial charge in [0.1, 0.15) is 12.3 Å². The molecule has 0 aliphatic carbocycles. The Hall–Kier alpha value is -3.65.